The summed E-state index contributed by atoms with van der Waals surface area (Å²) < 4.78 is 5.23. The molecule has 0 aromatic heterocycles. The summed E-state index contributed by atoms with van der Waals surface area (Å²) in [7, 11) is 1.61. The van der Waals surface area contributed by atoms with Gasteiger partial charge in [-0.3, -0.25) is 14.5 Å². The highest BCUT2D eigenvalue weighted by molar-refractivity contribution is 5.96. The molecule has 0 bridgehead atoms. The fourth-order valence-electron chi connectivity index (χ4n) is 3.34. The summed E-state index contributed by atoms with van der Waals surface area (Å²) in [5.41, 5.74) is 3.08. The molecule has 6 nitrogen and oxygen atoms in total. The predicted molar refractivity (Wildman–Crippen MR) is 110 cm³/mol. The SMILES string of the molecule is COc1cccc(N2CCN(CC(=O)NC(C)c3ccc(C)cc3)CC2=O)c1. The first-order chi connectivity index (χ1) is 13.5. The molecule has 2 aromatic rings. The van der Waals surface area contributed by atoms with Crippen LogP contribution < -0.4 is 15.0 Å². The summed E-state index contributed by atoms with van der Waals surface area (Å²) in [6.45, 7) is 5.64. The molecule has 28 heavy (non-hydrogen) atoms. The molecular weight excluding hydrogens is 354 g/mol. The molecule has 0 spiro atoms. The number of benzene rings is 2. The molecule has 1 saturated heterocycles. The molecule has 6 heteroatoms. The number of aryl methyl sites for hydroxylation is 1. The Morgan fingerprint density at radius 1 is 1.18 bits per heavy atom. The van der Waals surface area contributed by atoms with Gasteiger partial charge in [-0.2, -0.15) is 0 Å². The Hall–Kier alpha value is -2.86. The maximum Gasteiger partial charge on any atom is 0.241 e. The van der Waals surface area contributed by atoms with Crippen LogP contribution in [0, 0.1) is 6.92 Å². The van der Waals surface area contributed by atoms with Gasteiger partial charge < -0.3 is 15.0 Å². The van der Waals surface area contributed by atoms with Crippen molar-refractivity contribution in [1.29, 1.82) is 0 Å². The number of methoxy groups -OCH3 is 1. The third-order valence-corrected chi connectivity index (χ3v) is 4.99. The average Bonchev–Trinajstić information content (AvgIpc) is 2.68. The van der Waals surface area contributed by atoms with Gasteiger partial charge in [-0.05, 0) is 31.5 Å². The van der Waals surface area contributed by atoms with E-state index in [1.807, 2.05) is 67.3 Å². The van der Waals surface area contributed by atoms with Crippen molar-refractivity contribution in [1.82, 2.24) is 10.2 Å². The van der Waals surface area contributed by atoms with Gasteiger partial charge in [0.25, 0.3) is 0 Å². The van der Waals surface area contributed by atoms with Gasteiger partial charge in [-0.1, -0.05) is 35.9 Å². The van der Waals surface area contributed by atoms with Crippen LogP contribution in [0.4, 0.5) is 5.69 Å². The van der Waals surface area contributed by atoms with E-state index in [9.17, 15) is 9.59 Å². The number of amides is 2. The highest BCUT2D eigenvalue weighted by Crippen LogP contribution is 2.22. The lowest BCUT2D eigenvalue weighted by Crippen LogP contribution is -2.52. The van der Waals surface area contributed by atoms with Crippen molar-refractivity contribution in [2.24, 2.45) is 0 Å². The topological polar surface area (TPSA) is 61.9 Å². The molecule has 1 atom stereocenters. The Bertz CT molecular complexity index is 835. The minimum Gasteiger partial charge on any atom is -0.497 e. The van der Waals surface area contributed by atoms with Gasteiger partial charge >= 0.3 is 0 Å². The number of carbonyl (C=O) groups excluding carboxylic acids is 2. The normalized spacial score (nSPS) is 16.0. The van der Waals surface area contributed by atoms with Crippen LogP contribution in [-0.4, -0.2) is 50.0 Å². The van der Waals surface area contributed by atoms with Gasteiger partial charge in [0, 0.05) is 24.8 Å². The van der Waals surface area contributed by atoms with Crippen LogP contribution in [0.2, 0.25) is 0 Å². The van der Waals surface area contributed by atoms with Gasteiger partial charge in [0.1, 0.15) is 5.75 Å². The van der Waals surface area contributed by atoms with E-state index in [0.717, 1.165) is 17.0 Å². The lowest BCUT2D eigenvalue weighted by molar-refractivity contribution is -0.125. The Labute approximate surface area is 166 Å². The van der Waals surface area contributed by atoms with Crippen molar-refractivity contribution in [3.05, 3.63) is 59.7 Å². The predicted octanol–water partition coefficient (Wildman–Crippen LogP) is 2.53. The molecule has 0 saturated carbocycles. The quantitative estimate of drug-likeness (QED) is 0.835. The van der Waals surface area contributed by atoms with Gasteiger partial charge in [-0.15, -0.1) is 0 Å². The maximum atomic E-state index is 12.6. The first-order valence-corrected chi connectivity index (χ1v) is 9.49. The fourth-order valence-corrected chi connectivity index (χ4v) is 3.34. The van der Waals surface area contributed by atoms with E-state index in [0.29, 0.717) is 13.1 Å². The first kappa shape index (κ1) is 19.9. The Balaban J connectivity index is 1.53. The van der Waals surface area contributed by atoms with E-state index >= 15 is 0 Å². The van der Waals surface area contributed by atoms with Gasteiger partial charge in [0.05, 0.1) is 26.2 Å². The summed E-state index contributed by atoms with van der Waals surface area (Å²) in [5, 5.41) is 3.01. The smallest absolute Gasteiger partial charge is 0.241 e. The summed E-state index contributed by atoms with van der Waals surface area (Å²) in [6.07, 6.45) is 0. The largest absolute Gasteiger partial charge is 0.497 e. The number of rotatable bonds is 6. The molecule has 2 amide bonds. The van der Waals surface area contributed by atoms with Crippen molar-refractivity contribution in [2.45, 2.75) is 19.9 Å². The van der Waals surface area contributed by atoms with Crippen LogP contribution in [0.15, 0.2) is 48.5 Å². The summed E-state index contributed by atoms with van der Waals surface area (Å²) in [6, 6.07) is 15.5. The van der Waals surface area contributed by atoms with Gasteiger partial charge in [-0.25, -0.2) is 0 Å². The lowest BCUT2D eigenvalue weighted by atomic mass is 10.1. The van der Waals surface area contributed by atoms with Crippen molar-refractivity contribution in [3.8, 4) is 5.75 Å². The third kappa shape index (κ3) is 4.89. The van der Waals surface area contributed by atoms with E-state index in [4.69, 9.17) is 4.74 Å². The van der Waals surface area contributed by atoms with E-state index in [2.05, 4.69) is 5.32 Å². The molecule has 1 aliphatic heterocycles. The highest BCUT2D eigenvalue weighted by Gasteiger charge is 2.26. The van der Waals surface area contributed by atoms with Crippen molar-refractivity contribution in [2.75, 3.05) is 38.2 Å². The van der Waals surface area contributed by atoms with Crippen LogP contribution in [0.3, 0.4) is 0 Å². The van der Waals surface area contributed by atoms with Gasteiger partial charge in [0.15, 0.2) is 0 Å². The molecule has 1 heterocycles. The summed E-state index contributed by atoms with van der Waals surface area (Å²) >= 11 is 0. The van der Waals surface area contributed by atoms with Crippen LogP contribution in [-0.2, 0) is 9.59 Å². The first-order valence-electron chi connectivity index (χ1n) is 9.49. The van der Waals surface area contributed by atoms with E-state index in [-0.39, 0.29) is 30.9 Å². The molecule has 1 aliphatic rings. The number of piperazine rings is 1. The zero-order valence-corrected chi connectivity index (χ0v) is 16.6. The molecule has 1 fully saturated rings. The molecular formula is C22H27N3O3. The second kappa shape index (κ2) is 8.89. The van der Waals surface area contributed by atoms with Crippen molar-refractivity contribution in [3.63, 3.8) is 0 Å². The van der Waals surface area contributed by atoms with Crippen LogP contribution in [0.5, 0.6) is 5.75 Å². The minimum atomic E-state index is -0.0734. The fraction of sp³-hybridized carbons (Fsp3) is 0.364. The van der Waals surface area contributed by atoms with E-state index in [1.165, 1.54) is 5.56 Å². The second-order valence-electron chi connectivity index (χ2n) is 7.16. The van der Waals surface area contributed by atoms with Crippen LogP contribution >= 0.6 is 0 Å². The zero-order valence-electron chi connectivity index (χ0n) is 16.6. The average molecular weight is 381 g/mol. The standard InChI is InChI=1S/C22H27N3O3/c1-16-7-9-18(10-8-16)17(2)23-21(26)14-24-11-12-25(22(27)15-24)19-5-4-6-20(13-19)28-3/h4-10,13,17H,11-12,14-15H2,1-3H3,(H,23,26). The lowest BCUT2D eigenvalue weighted by Gasteiger charge is -2.34. The van der Waals surface area contributed by atoms with Crippen LogP contribution in [0.1, 0.15) is 24.1 Å². The van der Waals surface area contributed by atoms with Crippen LogP contribution in [0.25, 0.3) is 0 Å². The Kier molecular flexibility index (Phi) is 6.31. The Morgan fingerprint density at radius 3 is 2.61 bits per heavy atom. The van der Waals surface area contributed by atoms with Gasteiger partial charge in [0.2, 0.25) is 11.8 Å². The number of nitrogens with zero attached hydrogens (tertiary/aromatic N) is 2. The molecule has 0 radical (unpaired) electrons. The van der Waals surface area contributed by atoms with Crippen molar-refractivity contribution < 1.29 is 14.3 Å². The Morgan fingerprint density at radius 2 is 1.93 bits per heavy atom. The van der Waals surface area contributed by atoms with E-state index in [1.54, 1.807) is 12.0 Å². The molecule has 1 N–H and O–H groups in total. The monoisotopic (exact) mass is 381 g/mol. The third-order valence-electron chi connectivity index (χ3n) is 4.99. The number of nitrogens with one attached hydrogen (secondary N) is 1. The zero-order chi connectivity index (χ0) is 20.1. The molecule has 3 rings (SSSR count). The number of hydrogen-bond acceptors (Lipinski definition) is 4. The number of hydrogen-bond donors (Lipinski definition) is 1. The summed E-state index contributed by atoms with van der Waals surface area (Å²) in [5.74, 6) is 0.631. The number of anilines is 1. The molecule has 2 aromatic carbocycles. The molecule has 148 valence electrons. The van der Waals surface area contributed by atoms with Crippen molar-refractivity contribution >= 4 is 17.5 Å². The second-order valence-corrected chi connectivity index (χ2v) is 7.16. The molecule has 0 aliphatic carbocycles. The minimum absolute atomic E-state index is 0.0149. The number of carbonyl (C=O) groups is 2. The van der Waals surface area contributed by atoms with E-state index < -0.39 is 0 Å². The highest BCUT2D eigenvalue weighted by atomic mass is 16.5. The molecule has 1 unspecified atom stereocenters. The summed E-state index contributed by atoms with van der Waals surface area (Å²) in [4.78, 5) is 28.6. The number of ether oxygens (including phenoxy) is 1. The maximum absolute atomic E-state index is 12.6.